The normalized spacial score (nSPS) is 8.33. The summed E-state index contributed by atoms with van der Waals surface area (Å²) in [5, 5.41) is 11.5. The topological polar surface area (TPSA) is 72.5 Å². The summed E-state index contributed by atoms with van der Waals surface area (Å²) in [7, 11) is 0. The van der Waals surface area contributed by atoms with Crippen LogP contribution in [0.15, 0.2) is 23.3 Å². The molecule has 0 N–H and O–H groups in total. The molecule has 0 atom stereocenters. The van der Waals surface area contributed by atoms with Gasteiger partial charge in [-0.1, -0.05) is 11.2 Å². The zero-order chi connectivity index (χ0) is 8.97. The van der Waals surface area contributed by atoms with Gasteiger partial charge in [0.15, 0.2) is 0 Å². The van der Waals surface area contributed by atoms with Gasteiger partial charge in [-0.2, -0.15) is 5.26 Å². The Morgan fingerprint density at radius 1 is 1.58 bits per heavy atom. The van der Waals surface area contributed by atoms with Gasteiger partial charge in [0.05, 0.1) is 17.3 Å². The van der Waals surface area contributed by atoms with Crippen LogP contribution in [-0.4, -0.2) is 0 Å². The third kappa shape index (κ3) is 1.34. The molecule has 1 aromatic carbocycles. The van der Waals surface area contributed by atoms with E-state index >= 15 is 0 Å². The van der Waals surface area contributed by atoms with Gasteiger partial charge >= 0.3 is 0 Å². The molecule has 1 aromatic rings. The van der Waals surface area contributed by atoms with Gasteiger partial charge < -0.3 is 0 Å². The van der Waals surface area contributed by atoms with Gasteiger partial charge in [0, 0.05) is 4.91 Å². The van der Waals surface area contributed by atoms with Crippen molar-refractivity contribution in [3.05, 3.63) is 40.0 Å². The second kappa shape index (κ2) is 3.37. The van der Waals surface area contributed by atoms with Crippen molar-refractivity contribution in [1.82, 2.24) is 0 Å². The maximum atomic E-state index is 12.8. The van der Waals surface area contributed by atoms with E-state index in [1.807, 2.05) is 0 Å². The Balaban J connectivity index is 3.41. The third-order valence-electron chi connectivity index (χ3n) is 1.25. The lowest BCUT2D eigenvalue weighted by Crippen LogP contribution is -1.79. The van der Waals surface area contributed by atoms with Gasteiger partial charge in [-0.15, -0.1) is 0 Å². The average Bonchev–Trinajstić information content (AvgIpc) is 2.09. The van der Waals surface area contributed by atoms with Crippen molar-refractivity contribution in [3.63, 3.8) is 0 Å². The Bertz CT molecular complexity index is 387. The van der Waals surface area contributed by atoms with Crippen LogP contribution in [0.1, 0.15) is 5.56 Å². The predicted octanol–water partition coefficient (Wildman–Crippen LogP) is 2.64. The highest BCUT2D eigenvalue weighted by Crippen LogP contribution is 2.22. The van der Waals surface area contributed by atoms with Crippen molar-refractivity contribution in [2.45, 2.75) is 0 Å². The van der Waals surface area contributed by atoms with Crippen molar-refractivity contribution in [1.29, 1.82) is 5.26 Å². The smallest absolute Gasteiger partial charge is 0.134 e. The fraction of sp³-hybridized carbons (Fsp3) is 0. The Kier molecular flexibility index (Phi) is 2.26. The molecule has 0 aliphatic heterocycles. The summed E-state index contributed by atoms with van der Waals surface area (Å²) in [5.74, 6) is -0.688. The quantitative estimate of drug-likeness (QED) is 0.355. The molecule has 0 aromatic heterocycles. The van der Waals surface area contributed by atoms with Gasteiger partial charge in [-0.25, -0.2) is 4.39 Å². The number of nitriles is 1. The fourth-order valence-electron chi connectivity index (χ4n) is 0.752. The van der Waals surface area contributed by atoms with Crippen LogP contribution in [0, 0.1) is 17.1 Å². The molecule has 4 nitrogen and oxygen atoms in total. The minimum atomic E-state index is -0.688. The summed E-state index contributed by atoms with van der Waals surface area (Å²) in [6.45, 7) is 0. The van der Waals surface area contributed by atoms with Crippen LogP contribution in [0.2, 0.25) is 0 Å². The molecule has 0 aliphatic rings. The molecule has 0 fully saturated rings. The first kappa shape index (κ1) is 8.05. The van der Waals surface area contributed by atoms with Crippen LogP contribution in [0.5, 0.6) is 0 Å². The number of halogens is 1. The maximum absolute atomic E-state index is 12.8. The first-order chi connectivity index (χ1) is 5.79. The van der Waals surface area contributed by atoms with E-state index in [1.54, 1.807) is 6.07 Å². The van der Waals surface area contributed by atoms with E-state index in [0.717, 1.165) is 6.07 Å². The molecule has 0 saturated heterocycles. The minimum absolute atomic E-state index is 0.0350. The highest BCUT2D eigenvalue weighted by Gasteiger charge is 2.04. The molecule has 0 aliphatic carbocycles. The second-order valence-electron chi connectivity index (χ2n) is 1.94. The Hall–Kier alpha value is -2.05. The van der Waals surface area contributed by atoms with Gasteiger partial charge in [0.25, 0.3) is 0 Å². The van der Waals surface area contributed by atoms with E-state index in [2.05, 4.69) is 10.0 Å². The summed E-state index contributed by atoms with van der Waals surface area (Å²) < 4.78 is 12.8. The lowest BCUT2D eigenvalue weighted by atomic mass is 10.2. The zero-order valence-corrected chi connectivity index (χ0v) is 5.90. The van der Waals surface area contributed by atoms with Gasteiger partial charge in [-0.3, -0.25) is 0 Å². The molecule has 12 heavy (non-hydrogen) atoms. The monoisotopic (exact) mass is 162 g/mol. The van der Waals surface area contributed by atoms with Crippen LogP contribution >= 0.6 is 0 Å². The van der Waals surface area contributed by atoms with Gasteiger partial charge in [-0.05, 0) is 17.7 Å². The van der Waals surface area contributed by atoms with Crippen molar-refractivity contribution < 1.29 is 4.39 Å². The Labute approximate surface area is 67.5 Å². The first-order valence-electron chi connectivity index (χ1n) is 3.03. The second-order valence-corrected chi connectivity index (χ2v) is 1.94. The summed E-state index contributed by atoms with van der Waals surface area (Å²) >= 11 is 0. The molecular weight excluding hydrogens is 159 g/mol. The fourth-order valence-corrected chi connectivity index (χ4v) is 0.752. The minimum Gasteiger partial charge on any atom is -0.206 e. The van der Waals surface area contributed by atoms with Crippen molar-refractivity contribution >= 4 is 5.69 Å². The molecule has 0 saturated carbocycles. The lowest BCUT2D eigenvalue weighted by molar-refractivity contribution is 0.629. The van der Waals surface area contributed by atoms with Crippen LogP contribution < -0.4 is 0 Å². The average molecular weight is 162 g/mol. The number of hydrogen-bond donors (Lipinski definition) is 0. The van der Waals surface area contributed by atoms with Crippen LogP contribution in [0.4, 0.5) is 10.1 Å². The first-order valence-corrected chi connectivity index (χ1v) is 3.03. The number of nitrogens with zero attached hydrogens (tertiary/aromatic N) is 4. The number of benzene rings is 1. The van der Waals surface area contributed by atoms with E-state index in [1.165, 1.54) is 12.1 Å². The van der Waals surface area contributed by atoms with E-state index in [4.69, 9.17) is 10.8 Å². The molecule has 5 heteroatoms. The zero-order valence-electron chi connectivity index (χ0n) is 5.90. The molecule has 0 amide bonds. The number of hydrogen-bond acceptors (Lipinski definition) is 2. The molecule has 0 unspecified atom stereocenters. The Morgan fingerprint density at radius 3 is 2.92 bits per heavy atom. The highest BCUT2D eigenvalue weighted by molar-refractivity contribution is 5.53. The SMILES string of the molecule is N#Cc1cccc(F)c1N=[N+]=[N-]. The van der Waals surface area contributed by atoms with E-state index in [9.17, 15) is 4.39 Å². The molecular formula is C7H3FN4. The number of azide groups is 1. The van der Waals surface area contributed by atoms with Crippen LogP contribution in [0.25, 0.3) is 10.4 Å². The third-order valence-corrected chi connectivity index (χ3v) is 1.25. The molecule has 58 valence electrons. The van der Waals surface area contributed by atoms with Crippen molar-refractivity contribution in [2.24, 2.45) is 5.11 Å². The van der Waals surface area contributed by atoms with Crippen molar-refractivity contribution in [2.75, 3.05) is 0 Å². The molecule has 0 heterocycles. The van der Waals surface area contributed by atoms with Gasteiger partial charge in [0.2, 0.25) is 0 Å². The van der Waals surface area contributed by atoms with Crippen LogP contribution in [-0.2, 0) is 0 Å². The molecule has 1 rings (SSSR count). The summed E-state index contributed by atoms with van der Waals surface area (Å²) in [6, 6.07) is 5.61. The van der Waals surface area contributed by atoms with E-state index in [0.29, 0.717) is 0 Å². The highest BCUT2D eigenvalue weighted by atomic mass is 19.1. The Morgan fingerprint density at radius 2 is 2.33 bits per heavy atom. The molecule has 0 bridgehead atoms. The summed E-state index contributed by atoms with van der Waals surface area (Å²) in [5.41, 5.74) is 7.83. The predicted molar refractivity (Wildman–Crippen MR) is 39.9 cm³/mol. The summed E-state index contributed by atoms with van der Waals surface area (Å²) in [6.07, 6.45) is 0. The standard InChI is InChI=1S/C7H3FN4/c8-6-3-1-2-5(4-9)7(6)11-12-10/h1-3H. The lowest BCUT2D eigenvalue weighted by Gasteiger charge is -1.95. The maximum Gasteiger partial charge on any atom is 0.134 e. The van der Waals surface area contributed by atoms with E-state index < -0.39 is 5.82 Å². The van der Waals surface area contributed by atoms with Crippen LogP contribution in [0.3, 0.4) is 0 Å². The van der Waals surface area contributed by atoms with Gasteiger partial charge in [0.1, 0.15) is 5.82 Å². The molecule has 0 spiro atoms. The molecule has 0 radical (unpaired) electrons. The largest absolute Gasteiger partial charge is 0.206 e. The number of rotatable bonds is 1. The van der Waals surface area contributed by atoms with Crippen molar-refractivity contribution in [3.8, 4) is 6.07 Å². The van der Waals surface area contributed by atoms with E-state index in [-0.39, 0.29) is 11.3 Å². The summed E-state index contributed by atoms with van der Waals surface area (Å²) in [4.78, 5) is 2.41.